The molecule has 146 valence electrons. The van der Waals surface area contributed by atoms with Crippen molar-refractivity contribution in [3.05, 3.63) is 54.1 Å². The van der Waals surface area contributed by atoms with Gasteiger partial charge in [0.25, 0.3) is 0 Å². The van der Waals surface area contributed by atoms with Crippen molar-refractivity contribution in [2.75, 3.05) is 39.8 Å². The van der Waals surface area contributed by atoms with Crippen LogP contribution in [0.3, 0.4) is 0 Å². The first-order chi connectivity index (χ1) is 13.8. The van der Waals surface area contributed by atoms with Crippen molar-refractivity contribution in [3.8, 4) is 5.75 Å². The summed E-state index contributed by atoms with van der Waals surface area (Å²) < 4.78 is 8.56. The van der Waals surface area contributed by atoms with Crippen LogP contribution in [0.2, 0.25) is 0 Å². The highest BCUT2D eigenvalue weighted by Gasteiger charge is 2.28. The van der Waals surface area contributed by atoms with Crippen LogP contribution in [0.25, 0.3) is 21.8 Å². The Bertz CT molecular complexity index is 1010. The van der Waals surface area contributed by atoms with Gasteiger partial charge in [0, 0.05) is 42.0 Å². The van der Waals surface area contributed by atoms with E-state index in [1.807, 2.05) is 7.05 Å². The Labute approximate surface area is 166 Å². The average molecular weight is 376 g/mol. The minimum Gasteiger partial charge on any atom is -0.489 e. The van der Waals surface area contributed by atoms with Crippen LogP contribution in [-0.4, -0.2) is 49.3 Å². The summed E-state index contributed by atoms with van der Waals surface area (Å²) in [6.45, 7) is 6.26. The molecule has 2 aromatic carbocycles. The highest BCUT2D eigenvalue weighted by atomic mass is 16.5. The van der Waals surface area contributed by atoms with Crippen LogP contribution in [0.15, 0.2) is 54.1 Å². The van der Waals surface area contributed by atoms with E-state index in [0.29, 0.717) is 6.61 Å². The number of piperidine rings is 3. The van der Waals surface area contributed by atoms with Gasteiger partial charge < -0.3 is 14.6 Å². The number of nitrogens with zero attached hydrogens (tertiary/aromatic N) is 2. The Balaban J connectivity index is 1.40. The third-order valence-electron chi connectivity index (χ3n) is 6.44. The number of benzene rings is 2. The van der Waals surface area contributed by atoms with Crippen molar-refractivity contribution in [3.63, 3.8) is 0 Å². The van der Waals surface area contributed by atoms with Crippen molar-refractivity contribution in [1.82, 2.24) is 14.8 Å². The second-order valence-corrected chi connectivity index (χ2v) is 8.09. The first kappa shape index (κ1) is 17.8. The number of ether oxygens (including phenoxy) is 1. The zero-order valence-corrected chi connectivity index (χ0v) is 16.7. The lowest BCUT2D eigenvalue weighted by molar-refractivity contribution is 0.160. The topological polar surface area (TPSA) is 29.4 Å². The molecule has 0 amide bonds. The van der Waals surface area contributed by atoms with Gasteiger partial charge in [-0.2, -0.15) is 0 Å². The van der Waals surface area contributed by atoms with E-state index < -0.39 is 0 Å². The maximum atomic E-state index is 6.16. The Morgan fingerprint density at radius 2 is 1.89 bits per heavy atom. The molecule has 0 saturated carbocycles. The molecule has 1 aromatic heterocycles. The SMILES string of the molecule is CNCCn1c2ccccc2c2ccc(OC/C=C3\CN4CCC3CC4)cc21. The highest BCUT2D eigenvalue weighted by molar-refractivity contribution is 6.08. The fourth-order valence-electron chi connectivity index (χ4n) is 4.91. The Hall–Kier alpha value is -2.30. The monoisotopic (exact) mass is 375 g/mol. The quantitative estimate of drug-likeness (QED) is 0.659. The molecule has 3 aliphatic heterocycles. The van der Waals surface area contributed by atoms with Crippen LogP contribution in [0.5, 0.6) is 5.75 Å². The van der Waals surface area contributed by atoms with E-state index in [4.69, 9.17) is 4.74 Å². The molecule has 0 aliphatic carbocycles. The van der Waals surface area contributed by atoms with E-state index in [1.165, 1.54) is 47.7 Å². The smallest absolute Gasteiger partial charge is 0.121 e. The van der Waals surface area contributed by atoms with E-state index in [1.54, 1.807) is 5.57 Å². The molecule has 6 rings (SSSR count). The van der Waals surface area contributed by atoms with Gasteiger partial charge in [0.15, 0.2) is 0 Å². The zero-order chi connectivity index (χ0) is 18.9. The van der Waals surface area contributed by atoms with Crippen molar-refractivity contribution in [2.45, 2.75) is 19.4 Å². The molecule has 3 saturated heterocycles. The van der Waals surface area contributed by atoms with Crippen LogP contribution in [0, 0.1) is 5.92 Å². The molecule has 4 heterocycles. The Morgan fingerprint density at radius 3 is 2.68 bits per heavy atom. The third-order valence-corrected chi connectivity index (χ3v) is 6.44. The van der Waals surface area contributed by atoms with E-state index in [9.17, 15) is 0 Å². The van der Waals surface area contributed by atoms with Crippen molar-refractivity contribution in [2.24, 2.45) is 5.92 Å². The molecule has 3 fully saturated rings. The van der Waals surface area contributed by atoms with Crippen LogP contribution >= 0.6 is 0 Å². The molecule has 3 aliphatic rings. The molecule has 2 bridgehead atoms. The fraction of sp³-hybridized carbons (Fsp3) is 0.417. The van der Waals surface area contributed by atoms with Gasteiger partial charge in [-0.3, -0.25) is 4.90 Å². The maximum Gasteiger partial charge on any atom is 0.121 e. The number of hydrogen-bond donors (Lipinski definition) is 1. The summed E-state index contributed by atoms with van der Waals surface area (Å²) in [5.74, 6) is 1.75. The lowest BCUT2D eigenvalue weighted by Crippen LogP contribution is -2.43. The van der Waals surface area contributed by atoms with E-state index in [2.05, 4.69) is 63.3 Å². The average Bonchev–Trinajstić information content (AvgIpc) is 3.06. The predicted octanol–water partition coefficient (Wildman–Crippen LogP) is 4.04. The van der Waals surface area contributed by atoms with Crippen molar-refractivity contribution >= 4 is 21.8 Å². The maximum absolute atomic E-state index is 6.16. The van der Waals surface area contributed by atoms with Gasteiger partial charge in [0.2, 0.25) is 0 Å². The second kappa shape index (κ2) is 7.61. The summed E-state index contributed by atoms with van der Waals surface area (Å²) in [5, 5.41) is 5.89. The summed E-state index contributed by atoms with van der Waals surface area (Å²) in [6.07, 6.45) is 4.98. The number of para-hydroxylation sites is 1. The lowest BCUT2D eigenvalue weighted by Gasteiger charge is -2.41. The molecule has 0 atom stereocenters. The fourth-order valence-corrected chi connectivity index (χ4v) is 4.91. The third kappa shape index (κ3) is 3.21. The summed E-state index contributed by atoms with van der Waals surface area (Å²) in [4.78, 5) is 2.57. The number of nitrogens with one attached hydrogen (secondary N) is 1. The van der Waals surface area contributed by atoms with Gasteiger partial charge in [-0.25, -0.2) is 0 Å². The van der Waals surface area contributed by atoms with Gasteiger partial charge in [-0.1, -0.05) is 23.8 Å². The first-order valence-electron chi connectivity index (χ1n) is 10.5. The molecule has 4 nitrogen and oxygen atoms in total. The molecule has 0 radical (unpaired) electrons. The minimum absolute atomic E-state index is 0.669. The molecular weight excluding hydrogens is 346 g/mol. The largest absolute Gasteiger partial charge is 0.489 e. The first-order valence-corrected chi connectivity index (χ1v) is 10.5. The lowest BCUT2D eigenvalue weighted by atomic mass is 9.84. The van der Waals surface area contributed by atoms with E-state index >= 15 is 0 Å². The molecule has 4 heteroatoms. The second-order valence-electron chi connectivity index (χ2n) is 8.09. The number of hydrogen-bond acceptors (Lipinski definition) is 3. The van der Waals surface area contributed by atoms with Gasteiger partial charge in [-0.15, -0.1) is 0 Å². The zero-order valence-electron chi connectivity index (χ0n) is 16.7. The van der Waals surface area contributed by atoms with Gasteiger partial charge in [-0.05, 0) is 63.2 Å². The molecule has 0 unspecified atom stereocenters. The molecular formula is C24H29N3O. The van der Waals surface area contributed by atoms with E-state index in [-0.39, 0.29) is 0 Å². The van der Waals surface area contributed by atoms with Crippen LogP contribution < -0.4 is 10.1 Å². The highest BCUT2D eigenvalue weighted by Crippen LogP contribution is 2.33. The van der Waals surface area contributed by atoms with Gasteiger partial charge in [0.1, 0.15) is 12.4 Å². The Morgan fingerprint density at radius 1 is 1.07 bits per heavy atom. The summed E-state index contributed by atoms with van der Waals surface area (Å²) in [6, 6.07) is 15.2. The van der Waals surface area contributed by atoms with Crippen molar-refractivity contribution < 1.29 is 4.74 Å². The minimum atomic E-state index is 0.669. The Kier molecular flexibility index (Phi) is 4.83. The van der Waals surface area contributed by atoms with E-state index in [0.717, 1.165) is 31.3 Å². The summed E-state index contributed by atoms with van der Waals surface area (Å²) >= 11 is 0. The normalized spacial score (nSPS) is 23.1. The predicted molar refractivity (Wildman–Crippen MR) is 116 cm³/mol. The van der Waals surface area contributed by atoms with Crippen molar-refractivity contribution in [1.29, 1.82) is 0 Å². The summed E-state index contributed by atoms with van der Waals surface area (Å²) in [7, 11) is 2.00. The number of rotatable bonds is 6. The van der Waals surface area contributed by atoms with Gasteiger partial charge >= 0.3 is 0 Å². The number of likely N-dealkylation sites (N-methyl/N-ethyl adjacent to an activating group) is 1. The van der Waals surface area contributed by atoms with Crippen LogP contribution in [0.4, 0.5) is 0 Å². The number of aromatic nitrogens is 1. The molecule has 1 N–H and O–H groups in total. The molecule has 3 aromatic rings. The molecule has 28 heavy (non-hydrogen) atoms. The van der Waals surface area contributed by atoms with Crippen LogP contribution in [0.1, 0.15) is 12.8 Å². The standard InChI is InChI=1S/C24H29N3O/c1-25-11-14-27-23-5-3-2-4-21(23)22-7-6-20(16-24(22)27)28-15-10-19-17-26-12-8-18(19)9-13-26/h2-7,10,16,18,25H,8-9,11-15,17H2,1H3/b19-10+. The molecule has 0 spiro atoms. The number of fused-ring (bicyclic) bond motifs is 6. The summed E-state index contributed by atoms with van der Waals surface area (Å²) in [5.41, 5.74) is 4.13. The van der Waals surface area contributed by atoms with Gasteiger partial charge in [0.05, 0.1) is 5.52 Å². The van der Waals surface area contributed by atoms with Crippen LogP contribution in [-0.2, 0) is 6.54 Å².